The summed E-state index contributed by atoms with van der Waals surface area (Å²) in [5, 5.41) is 8.87. The van der Waals surface area contributed by atoms with Crippen molar-refractivity contribution in [3.63, 3.8) is 0 Å². The highest BCUT2D eigenvalue weighted by Crippen LogP contribution is 2.38. The van der Waals surface area contributed by atoms with E-state index in [1.807, 2.05) is 36.4 Å². The lowest BCUT2D eigenvalue weighted by Gasteiger charge is -2.21. The first-order chi connectivity index (χ1) is 8.74. The summed E-state index contributed by atoms with van der Waals surface area (Å²) in [5.41, 5.74) is 2.71. The number of fused-ring (bicyclic) bond motifs is 2. The smallest absolute Gasteiger partial charge is 0.312 e. The Kier molecular flexibility index (Phi) is 2.52. The van der Waals surface area contributed by atoms with E-state index in [1.54, 1.807) is 6.07 Å². The summed E-state index contributed by atoms with van der Waals surface area (Å²) < 4.78 is 5.79. The summed E-state index contributed by atoms with van der Waals surface area (Å²) >= 11 is 0. The van der Waals surface area contributed by atoms with E-state index < -0.39 is 5.97 Å². The van der Waals surface area contributed by atoms with Gasteiger partial charge in [0.2, 0.25) is 0 Å². The molecule has 1 radical (unpaired) electrons. The maximum Gasteiger partial charge on any atom is 0.312 e. The number of hydrogen-bond acceptors (Lipinski definition) is 2. The molecule has 3 rings (SSSR count). The summed E-state index contributed by atoms with van der Waals surface area (Å²) in [7, 11) is 0. The molecule has 0 atom stereocenters. The minimum atomic E-state index is -0.942. The Bertz CT molecular complexity index is 617. The molecule has 1 aliphatic rings. The van der Waals surface area contributed by atoms with Crippen LogP contribution in [0.15, 0.2) is 42.5 Å². The van der Waals surface area contributed by atoms with Crippen molar-refractivity contribution in [1.29, 1.82) is 0 Å². The molecule has 1 N–H and O–H groups in total. The zero-order valence-electron chi connectivity index (χ0n) is 9.59. The normalized spacial score (nSPS) is 12.2. The van der Waals surface area contributed by atoms with E-state index in [0.29, 0.717) is 12.0 Å². The van der Waals surface area contributed by atoms with E-state index in [0.717, 1.165) is 22.6 Å². The lowest BCUT2D eigenvalue weighted by atomic mass is 9.94. The fraction of sp³-hybridized carbons (Fsp3) is 0.0667. The van der Waals surface area contributed by atoms with Gasteiger partial charge in [-0.25, -0.2) is 0 Å². The number of rotatable bonds is 2. The summed E-state index contributed by atoms with van der Waals surface area (Å²) in [5.74, 6) is 0.642. The molecule has 0 fully saturated rings. The van der Waals surface area contributed by atoms with Crippen LogP contribution < -0.4 is 4.74 Å². The Morgan fingerprint density at radius 3 is 2.72 bits per heavy atom. The predicted molar refractivity (Wildman–Crippen MR) is 66.8 cm³/mol. The summed E-state index contributed by atoms with van der Waals surface area (Å²) in [6, 6.07) is 13.3. The minimum Gasteiger partial charge on any atom is -0.481 e. The number of carbonyl (C=O) groups is 1. The summed E-state index contributed by atoms with van der Waals surface area (Å²) in [6.45, 7) is 0. The molecule has 0 spiro atoms. The number of hydrogen-bond donors (Lipinski definition) is 1. The molecule has 0 saturated carbocycles. The second kappa shape index (κ2) is 4.18. The highest BCUT2D eigenvalue weighted by Gasteiger charge is 2.20. The van der Waals surface area contributed by atoms with E-state index >= 15 is 0 Å². The van der Waals surface area contributed by atoms with Gasteiger partial charge in [-0.15, -0.1) is 0 Å². The maximum absolute atomic E-state index is 10.8. The van der Waals surface area contributed by atoms with Crippen LogP contribution >= 0.6 is 0 Å². The topological polar surface area (TPSA) is 46.5 Å². The number of para-hydroxylation sites is 1. The van der Waals surface area contributed by atoms with Crippen LogP contribution in [0.1, 0.15) is 16.7 Å². The van der Waals surface area contributed by atoms with E-state index in [2.05, 4.69) is 0 Å². The molecule has 18 heavy (non-hydrogen) atoms. The lowest BCUT2D eigenvalue weighted by Crippen LogP contribution is -2.07. The van der Waals surface area contributed by atoms with Gasteiger partial charge in [0.15, 0.2) is 0 Å². The molecule has 0 amide bonds. The molecule has 3 nitrogen and oxygen atoms in total. The van der Waals surface area contributed by atoms with Gasteiger partial charge in [-0.05, 0) is 23.3 Å². The van der Waals surface area contributed by atoms with Crippen molar-refractivity contribution in [3.05, 3.63) is 65.6 Å². The molecule has 3 heteroatoms. The van der Waals surface area contributed by atoms with E-state index in [4.69, 9.17) is 9.84 Å². The number of aliphatic carboxylic acids is 1. The zero-order chi connectivity index (χ0) is 12.5. The maximum atomic E-state index is 10.8. The van der Waals surface area contributed by atoms with Crippen molar-refractivity contribution >= 4 is 5.97 Å². The van der Waals surface area contributed by atoms with Gasteiger partial charge in [-0.1, -0.05) is 30.3 Å². The molecule has 2 aromatic rings. The van der Waals surface area contributed by atoms with Crippen molar-refractivity contribution < 1.29 is 14.6 Å². The van der Waals surface area contributed by atoms with Crippen LogP contribution in [0.2, 0.25) is 0 Å². The average Bonchev–Trinajstić information content (AvgIpc) is 2.36. The number of benzene rings is 2. The van der Waals surface area contributed by atoms with Gasteiger partial charge >= 0.3 is 5.97 Å². The molecule has 0 saturated heterocycles. The first-order valence-electron chi connectivity index (χ1n) is 5.69. The highest BCUT2D eigenvalue weighted by molar-refractivity contribution is 5.82. The molecule has 89 valence electrons. The highest BCUT2D eigenvalue weighted by atomic mass is 16.5. The van der Waals surface area contributed by atoms with Gasteiger partial charge in [0.05, 0.1) is 6.42 Å². The second-order valence-electron chi connectivity index (χ2n) is 4.19. The predicted octanol–water partition coefficient (Wildman–Crippen LogP) is 3.02. The van der Waals surface area contributed by atoms with Crippen LogP contribution in [0, 0.1) is 6.42 Å². The third kappa shape index (κ3) is 1.84. The lowest BCUT2D eigenvalue weighted by molar-refractivity contribution is -0.132. The number of ether oxygens (including phenoxy) is 1. The van der Waals surface area contributed by atoms with Gasteiger partial charge in [0.1, 0.15) is 11.5 Å². The van der Waals surface area contributed by atoms with Crippen molar-refractivity contribution in [2.45, 2.75) is 6.42 Å². The Hall–Kier alpha value is -2.29. The van der Waals surface area contributed by atoms with Gasteiger partial charge in [-0.3, -0.25) is 4.79 Å². The monoisotopic (exact) mass is 239 g/mol. The van der Waals surface area contributed by atoms with Crippen LogP contribution in [0.4, 0.5) is 0 Å². The number of carboxylic acid groups (broad SMARTS) is 1. The van der Waals surface area contributed by atoms with Gasteiger partial charge in [0.25, 0.3) is 0 Å². The van der Waals surface area contributed by atoms with Crippen LogP contribution in [0.5, 0.6) is 11.5 Å². The van der Waals surface area contributed by atoms with Crippen molar-refractivity contribution in [2.24, 2.45) is 0 Å². The fourth-order valence-electron chi connectivity index (χ4n) is 2.19. The van der Waals surface area contributed by atoms with Gasteiger partial charge in [-0.2, -0.15) is 0 Å². The molecule has 0 aromatic heterocycles. The van der Waals surface area contributed by atoms with E-state index in [9.17, 15) is 4.79 Å². The molecule has 2 aromatic carbocycles. The van der Waals surface area contributed by atoms with Crippen molar-refractivity contribution in [2.75, 3.05) is 0 Å². The number of carboxylic acids is 1. The third-order valence-corrected chi connectivity index (χ3v) is 3.01. The standard InChI is InChI=1S/C15H11O3/c16-15(17)9-10-5-3-7-14-12(10)8-11-4-1-2-6-13(11)18-14/h1-7,9H,8H2,(H,16,17). The molecular formula is C15H11O3. The van der Waals surface area contributed by atoms with Gasteiger partial charge in [0, 0.05) is 12.0 Å². The van der Waals surface area contributed by atoms with Crippen molar-refractivity contribution in [1.82, 2.24) is 0 Å². The molecule has 0 unspecified atom stereocenters. The SMILES string of the molecule is O=C(O)[CH]c1cccc2c1Cc1ccccc1O2. The van der Waals surface area contributed by atoms with E-state index in [1.165, 1.54) is 6.42 Å². The van der Waals surface area contributed by atoms with Crippen LogP contribution in [0.3, 0.4) is 0 Å². The molecule has 0 aliphatic carbocycles. The molecule has 0 bridgehead atoms. The second-order valence-corrected chi connectivity index (χ2v) is 4.19. The third-order valence-electron chi connectivity index (χ3n) is 3.01. The first kappa shape index (κ1) is 10.8. The van der Waals surface area contributed by atoms with Crippen LogP contribution in [-0.4, -0.2) is 11.1 Å². The summed E-state index contributed by atoms with van der Waals surface area (Å²) in [6.07, 6.45) is 1.92. The van der Waals surface area contributed by atoms with Crippen molar-refractivity contribution in [3.8, 4) is 11.5 Å². The summed E-state index contributed by atoms with van der Waals surface area (Å²) in [4.78, 5) is 10.8. The molecule has 1 heterocycles. The Labute approximate surface area is 105 Å². The Morgan fingerprint density at radius 2 is 1.89 bits per heavy atom. The van der Waals surface area contributed by atoms with Gasteiger partial charge < -0.3 is 9.84 Å². The largest absolute Gasteiger partial charge is 0.481 e. The quantitative estimate of drug-likeness (QED) is 0.747. The Morgan fingerprint density at radius 1 is 1.11 bits per heavy atom. The first-order valence-corrected chi connectivity index (χ1v) is 5.69. The zero-order valence-corrected chi connectivity index (χ0v) is 9.59. The Balaban J connectivity index is 2.04. The van der Waals surface area contributed by atoms with Crippen LogP contribution in [0.25, 0.3) is 0 Å². The average molecular weight is 239 g/mol. The van der Waals surface area contributed by atoms with E-state index in [-0.39, 0.29) is 0 Å². The fourth-order valence-corrected chi connectivity index (χ4v) is 2.19. The molecular weight excluding hydrogens is 228 g/mol. The molecule has 1 aliphatic heterocycles. The van der Waals surface area contributed by atoms with Crippen LogP contribution in [-0.2, 0) is 11.2 Å². The minimum absolute atomic E-state index is 0.700.